The summed E-state index contributed by atoms with van der Waals surface area (Å²) >= 11 is 0. The molecule has 0 N–H and O–H groups in total. The third-order valence-electron chi connectivity index (χ3n) is 5.75. The Hall–Kier alpha value is -1.63. The van der Waals surface area contributed by atoms with Crippen LogP contribution < -0.4 is 0 Å². The first kappa shape index (κ1) is 23.0. The summed E-state index contributed by atoms with van der Waals surface area (Å²) < 4.78 is 47.9. The van der Waals surface area contributed by atoms with E-state index in [0.29, 0.717) is 12.8 Å². The van der Waals surface area contributed by atoms with Gasteiger partial charge in [-0.1, -0.05) is 60.7 Å². The van der Waals surface area contributed by atoms with Crippen LogP contribution in [0.1, 0.15) is 36.8 Å². The van der Waals surface area contributed by atoms with E-state index in [2.05, 4.69) is 29.2 Å². The maximum atomic E-state index is 14.0. The smallest absolute Gasteiger partial charge is 0.404 e. The molecule has 0 heterocycles. The van der Waals surface area contributed by atoms with E-state index in [1.807, 2.05) is 56.0 Å². The lowest BCUT2D eigenvalue weighted by molar-refractivity contribution is -0.264. The molecule has 0 aliphatic heterocycles. The standard InChI is InChI=1S/C24H32F3NOSi/c1-30(2,3)29-23(24(25,26)27)16-14-22(15-17-23)28(18-20-10-6-4-7-11-20)19-21-12-8-5-9-13-21/h4-13,22H,14-19H2,1-3H3. The van der Waals surface area contributed by atoms with Crippen LogP contribution in [-0.2, 0) is 17.5 Å². The quantitative estimate of drug-likeness (QED) is 0.444. The van der Waals surface area contributed by atoms with Gasteiger partial charge in [0.2, 0.25) is 0 Å². The van der Waals surface area contributed by atoms with Crippen molar-refractivity contribution in [3.05, 3.63) is 71.8 Å². The molecule has 6 heteroatoms. The van der Waals surface area contributed by atoms with E-state index in [9.17, 15) is 13.2 Å². The van der Waals surface area contributed by atoms with E-state index >= 15 is 0 Å². The van der Waals surface area contributed by atoms with Gasteiger partial charge in [0.25, 0.3) is 0 Å². The molecule has 0 aromatic heterocycles. The number of nitrogens with zero attached hydrogens (tertiary/aromatic N) is 1. The molecule has 0 saturated heterocycles. The van der Waals surface area contributed by atoms with Crippen LogP contribution in [0.15, 0.2) is 60.7 Å². The van der Waals surface area contributed by atoms with Gasteiger partial charge in [0, 0.05) is 19.1 Å². The van der Waals surface area contributed by atoms with Gasteiger partial charge in [-0.15, -0.1) is 0 Å². The Labute approximate surface area is 179 Å². The van der Waals surface area contributed by atoms with Crippen molar-refractivity contribution in [3.8, 4) is 0 Å². The van der Waals surface area contributed by atoms with E-state index in [1.54, 1.807) is 0 Å². The molecule has 0 spiro atoms. The van der Waals surface area contributed by atoms with Crippen LogP contribution in [0.5, 0.6) is 0 Å². The molecule has 3 rings (SSSR count). The van der Waals surface area contributed by atoms with Crippen LogP contribution in [-0.4, -0.2) is 31.0 Å². The van der Waals surface area contributed by atoms with Crippen molar-refractivity contribution in [3.63, 3.8) is 0 Å². The number of hydrogen-bond acceptors (Lipinski definition) is 2. The molecule has 30 heavy (non-hydrogen) atoms. The maximum Gasteiger partial charge on any atom is 0.416 e. The fraction of sp³-hybridized carbons (Fsp3) is 0.500. The molecule has 0 radical (unpaired) electrons. The summed E-state index contributed by atoms with van der Waals surface area (Å²) in [5.74, 6) is 0. The number of rotatable bonds is 7. The summed E-state index contributed by atoms with van der Waals surface area (Å²) in [7, 11) is -2.33. The third-order valence-corrected chi connectivity index (χ3v) is 6.76. The first-order valence-corrected chi connectivity index (χ1v) is 14.1. The number of benzene rings is 2. The van der Waals surface area contributed by atoms with Crippen molar-refractivity contribution in [2.45, 2.75) is 76.2 Å². The van der Waals surface area contributed by atoms with Gasteiger partial charge in [0.05, 0.1) is 0 Å². The summed E-state index contributed by atoms with van der Waals surface area (Å²) in [6.07, 6.45) is -3.29. The fourth-order valence-corrected chi connectivity index (χ4v) is 5.91. The van der Waals surface area contributed by atoms with Gasteiger partial charge in [-0.3, -0.25) is 4.90 Å². The Bertz CT molecular complexity index is 740. The zero-order chi connectivity index (χ0) is 21.8. The van der Waals surface area contributed by atoms with E-state index in [0.717, 1.165) is 13.1 Å². The number of hydrogen-bond donors (Lipinski definition) is 0. The van der Waals surface area contributed by atoms with Crippen LogP contribution in [0.25, 0.3) is 0 Å². The van der Waals surface area contributed by atoms with Crippen molar-refractivity contribution in [1.82, 2.24) is 4.90 Å². The van der Waals surface area contributed by atoms with Gasteiger partial charge in [-0.05, 0) is 56.5 Å². The van der Waals surface area contributed by atoms with Crippen LogP contribution in [0, 0.1) is 0 Å². The summed E-state index contributed by atoms with van der Waals surface area (Å²) in [5.41, 5.74) is 0.373. The first-order chi connectivity index (χ1) is 14.1. The van der Waals surface area contributed by atoms with Crippen molar-refractivity contribution in [2.75, 3.05) is 0 Å². The topological polar surface area (TPSA) is 12.5 Å². The normalized spacial score (nSPS) is 23.0. The lowest BCUT2D eigenvalue weighted by atomic mass is 9.81. The Kier molecular flexibility index (Phi) is 7.10. The number of alkyl halides is 3. The molecule has 2 aromatic carbocycles. The van der Waals surface area contributed by atoms with Crippen LogP contribution >= 0.6 is 0 Å². The van der Waals surface area contributed by atoms with Gasteiger partial charge in [-0.25, -0.2) is 0 Å². The van der Waals surface area contributed by atoms with Gasteiger partial charge in [-0.2, -0.15) is 13.2 Å². The third kappa shape index (κ3) is 5.96. The highest BCUT2D eigenvalue weighted by molar-refractivity contribution is 6.69. The van der Waals surface area contributed by atoms with E-state index < -0.39 is 20.1 Å². The first-order valence-electron chi connectivity index (χ1n) is 10.7. The van der Waals surface area contributed by atoms with Gasteiger partial charge < -0.3 is 4.43 Å². The lowest BCUT2D eigenvalue weighted by Gasteiger charge is -2.46. The van der Waals surface area contributed by atoms with Gasteiger partial charge >= 0.3 is 6.18 Å². The van der Waals surface area contributed by atoms with Gasteiger partial charge in [0.1, 0.15) is 0 Å². The van der Waals surface area contributed by atoms with Crippen LogP contribution in [0.4, 0.5) is 13.2 Å². The van der Waals surface area contributed by atoms with Crippen molar-refractivity contribution in [1.29, 1.82) is 0 Å². The second-order valence-electron chi connectivity index (χ2n) is 9.31. The largest absolute Gasteiger partial charge is 0.416 e. The van der Waals surface area contributed by atoms with Crippen molar-refractivity contribution >= 4 is 8.32 Å². The highest BCUT2D eigenvalue weighted by Gasteiger charge is 2.58. The lowest BCUT2D eigenvalue weighted by Crippen LogP contribution is -2.56. The highest BCUT2D eigenvalue weighted by atomic mass is 28.4. The molecule has 1 fully saturated rings. The Morgan fingerprint density at radius 2 is 1.30 bits per heavy atom. The van der Waals surface area contributed by atoms with E-state index in [1.165, 1.54) is 11.1 Å². The highest BCUT2D eigenvalue weighted by Crippen LogP contribution is 2.47. The molecule has 0 unspecified atom stereocenters. The molecule has 164 valence electrons. The maximum absolute atomic E-state index is 14.0. The molecule has 2 nitrogen and oxygen atoms in total. The molecule has 0 amide bonds. The summed E-state index contributed by atoms with van der Waals surface area (Å²) in [6, 6.07) is 20.4. The van der Waals surface area contributed by atoms with Gasteiger partial charge in [0.15, 0.2) is 13.9 Å². The molecule has 2 aromatic rings. The minimum Gasteiger partial charge on any atom is -0.404 e. The molecule has 1 saturated carbocycles. The van der Waals surface area contributed by atoms with Crippen LogP contribution in [0.2, 0.25) is 19.6 Å². The molecular formula is C24H32F3NOSi. The molecule has 0 atom stereocenters. The van der Waals surface area contributed by atoms with Crippen LogP contribution in [0.3, 0.4) is 0 Å². The molecule has 0 bridgehead atoms. The summed E-state index contributed by atoms with van der Waals surface area (Å²) in [5, 5.41) is 0. The zero-order valence-corrected chi connectivity index (χ0v) is 19.1. The number of halogens is 3. The second kappa shape index (κ2) is 9.24. The minimum atomic E-state index is -4.33. The average Bonchev–Trinajstić information content (AvgIpc) is 2.68. The monoisotopic (exact) mass is 435 g/mol. The Morgan fingerprint density at radius 3 is 1.67 bits per heavy atom. The predicted molar refractivity (Wildman–Crippen MR) is 118 cm³/mol. The summed E-state index contributed by atoms with van der Waals surface area (Å²) in [6.45, 7) is 6.97. The molecule has 1 aliphatic carbocycles. The molecule has 1 aliphatic rings. The van der Waals surface area contributed by atoms with E-state index in [-0.39, 0.29) is 18.9 Å². The second-order valence-corrected chi connectivity index (χ2v) is 13.7. The fourth-order valence-electron chi connectivity index (χ4n) is 4.41. The van der Waals surface area contributed by atoms with E-state index in [4.69, 9.17) is 4.43 Å². The predicted octanol–water partition coefficient (Wildman–Crippen LogP) is 6.78. The summed E-state index contributed by atoms with van der Waals surface area (Å²) in [4.78, 5) is 2.33. The Morgan fingerprint density at radius 1 is 0.867 bits per heavy atom. The molecular weight excluding hydrogens is 403 g/mol. The zero-order valence-electron chi connectivity index (χ0n) is 18.1. The Balaban J connectivity index is 1.78. The SMILES string of the molecule is C[Si](C)(C)OC1(C(F)(F)F)CCC(N(Cc2ccccc2)Cc2ccccc2)CC1. The minimum absolute atomic E-state index is 0.0333. The average molecular weight is 436 g/mol. The van der Waals surface area contributed by atoms with Crippen molar-refractivity contribution < 1.29 is 17.6 Å². The van der Waals surface area contributed by atoms with Crippen molar-refractivity contribution in [2.24, 2.45) is 0 Å².